The Morgan fingerprint density at radius 1 is 1.28 bits per heavy atom. The molecule has 0 heterocycles. The fourth-order valence-electron chi connectivity index (χ4n) is 1.80. The average Bonchev–Trinajstić information content (AvgIpc) is 2.40. The van der Waals surface area contributed by atoms with Gasteiger partial charge in [-0.05, 0) is 51.1 Å². The van der Waals surface area contributed by atoms with Crippen LogP contribution in [0.1, 0.15) is 31.7 Å². The van der Waals surface area contributed by atoms with E-state index in [0.29, 0.717) is 0 Å². The molecule has 3 heteroatoms. The SMILES string of the molecule is CNC(C)(CO)CCCCSc1ccccc1C. The van der Waals surface area contributed by atoms with Crippen LogP contribution in [0.4, 0.5) is 0 Å². The average molecular weight is 267 g/mol. The maximum absolute atomic E-state index is 9.29. The first-order valence-corrected chi connectivity index (χ1v) is 7.58. The van der Waals surface area contributed by atoms with E-state index in [0.717, 1.165) is 18.6 Å². The van der Waals surface area contributed by atoms with E-state index in [1.54, 1.807) is 0 Å². The van der Waals surface area contributed by atoms with Crippen LogP contribution in [-0.4, -0.2) is 30.1 Å². The Hall–Kier alpha value is -0.510. The number of likely N-dealkylation sites (N-methyl/N-ethyl adjacent to an activating group) is 1. The van der Waals surface area contributed by atoms with E-state index in [4.69, 9.17) is 0 Å². The number of rotatable bonds is 8. The second kappa shape index (κ2) is 7.82. The number of aliphatic hydroxyl groups is 1. The highest BCUT2D eigenvalue weighted by molar-refractivity contribution is 7.99. The van der Waals surface area contributed by atoms with Crippen LogP contribution in [0.15, 0.2) is 29.2 Å². The summed E-state index contributed by atoms with van der Waals surface area (Å²) < 4.78 is 0. The quantitative estimate of drug-likeness (QED) is 0.560. The van der Waals surface area contributed by atoms with Crippen LogP contribution in [0.3, 0.4) is 0 Å². The molecule has 1 aromatic carbocycles. The largest absolute Gasteiger partial charge is 0.394 e. The van der Waals surface area contributed by atoms with E-state index < -0.39 is 0 Å². The van der Waals surface area contributed by atoms with Gasteiger partial charge in [0.2, 0.25) is 0 Å². The molecule has 0 radical (unpaired) electrons. The fraction of sp³-hybridized carbons (Fsp3) is 0.600. The van der Waals surface area contributed by atoms with Crippen LogP contribution < -0.4 is 5.32 Å². The lowest BCUT2D eigenvalue weighted by molar-refractivity contribution is 0.171. The molecule has 1 atom stereocenters. The first-order chi connectivity index (χ1) is 8.61. The number of benzene rings is 1. The molecule has 1 aromatic rings. The van der Waals surface area contributed by atoms with Crippen molar-refractivity contribution < 1.29 is 5.11 Å². The predicted octanol–water partition coefficient (Wildman–Crippen LogP) is 3.23. The Bertz CT molecular complexity index is 350. The zero-order valence-corrected chi connectivity index (χ0v) is 12.5. The van der Waals surface area contributed by atoms with Crippen molar-refractivity contribution in [2.75, 3.05) is 19.4 Å². The van der Waals surface area contributed by atoms with Crippen molar-refractivity contribution in [3.8, 4) is 0 Å². The van der Waals surface area contributed by atoms with Crippen LogP contribution in [0.2, 0.25) is 0 Å². The second-order valence-corrected chi connectivity index (χ2v) is 6.18. The highest BCUT2D eigenvalue weighted by Crippen LogP contribution is 2.23. The highest BCUT2D eigenvalue weighted by atomic mass is 32.2. The van der Waals surface area contributed by atoms with Crippen molar-refractivity contribution >= 4 is 11.8 Å². The number of aryl methyl sites for hydroxylation is 1. The summed E-state index contributed by atoms with van der Waals surface area (Å²) in [6.07, 6.45) is 3.36. The van der Waals surface area contributed by atoms with Gasteiger partial charge in [0.15, 0.2) is 0 Å². The number of aliphatic hydroxyl groups excluding tert-OH is 1. The van der Waals surface area contributed by atoms with E-state index in [-0.39, 0.29) is 12.1 Å². The van der Waals surface area contributed by atoms with Crippen molar-refractivity contribution in [1.29, 1.82) is 0 Å². The Balaban J connectivity index is 2.22. The molecule has 0 saturated heterocycles. The van der Waals surface area contributed by atoms with Gasteiger partial charge in [-0.3, -0.25) is 0 Å². The minimum atomic E-state index is -0.118. The summed E-state index contributed by atoms with van der Waals surface area (Å²) in [6, 6.07) is 8.52. The Kier molecular flexibility index (Phi) is 6.76. The Morgan fingerprint density at radius 3 is 2.61 bits per heavy atom. The number of hydrogen-bond acceptors (Lipinski definition) is 3. The smallest absolute Gasteiger partial charge is 0.0610 e. The summed E-state index contributed by atoms with van der Waals surface area (Å²) in [4.78, 5) is 1.39. The summed E-state index contributed by atoms with van der Waals surface area (Å²) in [6.45, 7) is 4.43. The molecule has 0 fully saturated rings. The molecule has 2 nitrogen and oxygen atoms in total. The van der Waals surface area contributed by atoms with E-state index in [1.807, 2.05) is 18.8 Å². The normalized spacial score (nSPS) is 14.4. The van der Waals surface area contributed by atoms with Crippen LogP contribution in [0, 0.1) is 6.92 Å². The molecule has 0 aliphatic rings. The monoisotopic (exact) mass is 267 g/mol. The summed E-state index contributed by atoms with van der Waals surface area (Å²) in [7, 11) is 1.91. The van der Waals surface area contributed by atoms with Gasteiger partial charge in [0.25, 0.3) is 0 Å². The zero-order valence-electron chi connectivity index (χ0n) is 11.7. The van der Waals surface area contributed by atoms with Gasteiger partial charge in [0.1, 0.15) is 0 Å². The highest BCUT2D eigenvalue weighted by Gasteiger charge is 2.19. The lowest BCUT2D eigenvalue weighted by atomic mass is 9.96. The van der Waals surface area contributed by atoms with Gasteiger partial charge in [0.05, 0.1) is 6.61 Å². The topological polar surface area (TPSA) is 32.3 Å². The molecule has 2 N–H and O–H groups in total. The third kappa shape index (κ3) is 5.01. The van der Waals surface area contributed by atoms with Crippen LogP contribution in [0.25, 0.3) is 0 Å². The van der Waals surface area contributed by atoms with Crippen molar-refractivity contribution in [2.24, 2.45) is 0 Å². The van der Waals surface area contributed by atoms with Gasteiger partial charge in [0, 0.05) is 10.4 Å². The number of hydrogen-bond donors (Lipinski definition) is 2. The molecule has 0 amide bonds. The van der Waals surface area contributed by atoms with Crippen molar-refractivity contribution in [1.82, 2.24) is 5.32 Å². The minimum Gasteiger partial charge on any atom is -0.394 e. The summed E-state index contributed by atoms with van der Waals surface area (Å²) in [5, 5.41) is 12.5. The van der Waals surface area contributed by atoms with Gasteiger partial charge in [-0.15, -0.1) is 11.8 Å². The van der Waals surface area contributed by atoms with Gasteiger partial charge in [-0.1, -0.05) is 24.6 Å². The lowest BCUT2D eigenvalue weighted by Crippen LogP contribution is -2.43. The first kappa shape index (κ1) is 15.5. The molecule has 0 aliphatic heterocycles. The molecule has 18 heavy (non-hydrogen) atoms. The van der Waals surface area contributed by atoms with Gasteiger partial charge in [-0.25, -0.2) is 0 Å². The molecule has 102 valence electrons. The standard InChI is InChI=1S/C15H25NOS/c1-13-8-4-5-9-14(13)18-11-7-6-10-15(2,12-17)16-3/h4-5,8-9,16-17H,6-7,10-12H2,1-3H3. The molecule has 1 unspecified atom stereocenters. The summed E-state index contributed by atoms with van der Waals surface area (Å²) >= 11 is 1.93. The zero-order chi connectivity index (χ0) is 13.4. The third-order valence-electron chi connectivity index (χ3n) is 3.43. The molecule has 0 bridgehead atoms. The van der Waals surface area contributed by atoms with Crippen LogP contribution >= 0.6 is 11.8 Å². The first-order valence-electron chi connectivity index (χ1n) is 6.59. The van der Waals surface area contributed by atoms with Gasteiger partial charge in [-0.2, -0.15) is 0 Å². The number of nitrogens with one attached hydrogen (secondary N) is 1. The molecular weight excluding hydrogens is 242 g/mol. The maximum Gasteiger partial charge on any atom is 0.0610 e. The number of thioether (sulfide) groups is 1. The molecule has 0 saturated carbocycles. The van der Waals surface area contributed by atoms with E-state index >= 15 is 0 Å². The van der Waals surface area contributed by atoms with E-state index in [9.17, 15) is 5.11 Å². The minimum absolute atomic E-state index is 0.118. The van der Waals surface area contributed by atoms with E-state index in [2.05, 4.69) is 43.4 Å². The summed E-state index contributed by atoms with van der Waals surface area (Å²) in [5.41, 5.74) is 1.24. The maximum atomic E-state index is 9.29. The predicted molar refractivity (Wildman–Crippen MR) is 80.3 cm³/mol. The molecule has 1 rings (SSSR count). The van der Waals surface area contributed by atoms with Gasteiger partial charge < -0.3 is 10.4 Å². The number of unbranched alkanes of at least 4 members (excludes halogenated alkanes) is 1. The lowest BCUT2D eigenvalue weighted by Gasteiger charge is -2.26. The van der Waals surface area contributed by atoms with Crippen LogP contribution in [-0.2, 0) is 0 Å². The summed E-state index contributed by atoms with van der Waals surface area (Å²) in [5.74, 6) is 1.15. The van der Waals surface area contributed by atoms with Gasteiger partial charge >= 0.3 is 0 Å². The molecule has 0 aliphatic carbocycles. The van der Waals surface area contributed by atoms with Crippen molar-refractivity contribution in [3.05, 3.63) is 29.8 Å². The third-order valence-corrected chi connectivity index (χ3v) is 4.69. The Morgan fingerprint density at radius 2 is 2.00 bits per heavy atom. The van der Waals surface area contributed by atoms with Crippen molar-refractivity contribution in [2.45, 2.75) is 43.5 Å². The molecule has 0 spiro atoms. The molecule has 0 aromatic heterocycles. The van der Waals surface area contributed by atoms with Crippen molar-refractivity contribution in [3.63, 3.8) is 0 Å². The Labute approximate surface area is 115 Å². The second-order valence-electron chi connectivity index (χ2n) is 5.04. The van der Waals surface area contributed by atoms with E-state index in [1.165, 1.54) is 16.9 Å². The fourth-order valence-corrected chi connectivity index (χ4v) is 2.84. The van der Waals surface area contributed by atoms with Crippen LogP contribution in [0.5, 0.6) is 0 Å². The molecular formula is C15H25NOS.